The van der Waals surface area contributed by atoms with E-state index >= 15 is 0 Å². The lowest BCUT2D eigenvalue weighted by atomic mass is 10.0. The summed E-state index contributed by atoms with van der Waals surface area (Å²) < 4.78 is 31.6. The molecule has 1 unspecified atom stereocenters. The molecule has 2 nitrogen and oxygen atoms in total. The third-order valence-corrected chi connectivity index (χ3v) is 2.78. The first-order valence-electron chi connectivity index (χ1n) is 5.69. The number of rotatable bonds is 3. The van der Waals surface area contributed by atoms with Crippen molar-refractivity contribution in [2.45, 2.75) is 25.3 Å². The van der Waals surface area contributed by atoms with Crippen LogP contribution in [0.1, 0.15) is 18.4 Å². The average Bonchev–Trinajstić information content (AvgIpc) is 2.34. The van der Waals surface area contributed by atoms with Gasteiger partial charge in [0.2, 0.25) is 0 Å². The monoisotopic (exact) mass is 239 g/mol. The quantitative estimate of drug-likeness (QED) is 0.879. The lowest BCUT2D eigenvalue weighted by Gasteiger charge is -2.20. The molecule has 17 heavy (non-hydrogen) atoms. The van der Waals surface area contributed by atoms with Crippen LogP contribution in [0.3, 0.4) is 0 Å². The summed E-state index contributed by atoms with van der Waals surface area (Å²) in [5, 5.41) is 0. The summed E-state index contributed by atoms with van der Waals surface area (Å²) in [6.07, 6.45) is 4.18. The molecule has 1 aromatic rings. The molecule has 0 amide bonds. The van der Waals surface area contributed by atoms with Crippen LogP contribution in [-0.4, -0.2) is 12.6 Å². The summed E-state index contributed by atoms with van der Waals surface area (Å²) in [7, 11) is 0. The Bertz CT molecular complexity index is 431. The highest BCUT2D eigenvalue weighted by Gasteiger charge is 2.16. The van der Waals surface area contributed by atoms with Crippen LogP contribution < -0.4 is 5.73 Å². The van der Waals surface area contributed by atoms with E-state index in [2.05, 4.69) is 0 Å². The Kier molecular flexibility index (Phi) is 3.74. The topological polar surface area (TPSA) is 35.2 Å². The van der Waals surface area contributed by atoms with Crippen molar-refractivity contribution >= 4 is 0 Å². The molecule has 2 N–H and O–H groups in total. The molecule has 0 fully saturated rings. The summed E-state index contributed by atoms with van der Waals surface area (Å²) in [5.74, 6) is -0.426. The van der Waals surface area contributed by atoms with Gasteiger partial charge in [0.05, 0.1) is 12.6 Å². The predicted molar refractivity (Wildman–Crippen MR) is 61.3 cm³/mol. The van der Waals surface area contributed by atoms with Crippen LogP contribution in [0.15, 0.2) is 30.0 Å². The van der Waals surface area contributed by atoms with Crippen LogP contribution in [0.2, 0.25) is 0 Å². The molecule has 0 spiro atoms. The Morgan fingerprint density at radius 3 is 2.82 bits per heavy atom. The molecule has 1 heterocycles. The zero-order valence-corrected chi connectivity index (χ0v) is 9.46. The third kappa shape index (κ3) is 3.03. The summed E-state index contributed by atoms with van der Waals surface area (Å²) in [4.78, 5) is 0. The molecule has 1 aliphatic rings. The standard InChI is InChI=1S/C13H15F2NO/c14-10-5-4-9(11(15)8-10)7-12(16)13-3-1-2-6-17-13/h3-5,8,12H,1-2,6-7,16H2. The maximum absolute atomic E-state index is 13.4. The number of allylic oxidation sites excluding steroid dienone is 1. The van der Waals surface area contributed by atoms with Crippen molar-refractivity contribution in [1.82, 2.24) is 0 Å². The Morgan fingerprint density at radius 1 is 1.35 bits per heavy atom. The van der Waals surface area contributed by atoms with Gasteiger partial charge in [0.15, 0.2) is 0 Å². The van der Waals surface area contributed by atoms with Crippen LogP contribution in [0.4, 0.5) is 8.78 Å². The van der Waals surface area contributed by atoms with E-state index in [4.69, 9.17) is 10.5 Å². The minimum Gasteiger partial charge on any atom is -0.497 e. The van der Waals surface area contributed by atoms with E-state index in [1.807, 2.05) is 6.08 Å². The van der Waals surface area contributed by atoms with Crippen molar-refractivity contribution < 1.29 is 13.5 Å². The first-order chi connectivity index (χ1) is 8.16. The molecule has 4 heteroatoms. The van der Waals surface area contributed by atoms with E-state index in [9.17, 15) is 8.78 Å². The molecule has 0 aromatic heterocycles. The first-order valence-corrected chi connectivity index (χ1v) is 5.69. The zero-order chi connectivity index (χ0) is 12.3. The van der Waals surface area contributed by atoms with Crippen molar-refractivity contribution in [2.75, 3.05) is 6.61 Å². The SMILES string of the molecule is NC(Cc1ccc(F)cc1F)C1=CCCCO1. The molecule has 0 saturated heterocycles. The van der Waals surface area contributed by atoms with Gasteiger partial charge in [-0.2, -0.15) is 0 Å². The van der Waals surface area contributed by atoms with E-state index in [1.165, 1.54) is 12.1 Å². The summed E-state index contributed by atoms with van der Waals surface area (Å²) in [6.45, 7) is 0.658. The molecule has 0 saturated carbocycles. The molecule has 0 aliphatic carbocycles. The number of benzene rings is 1. The molecular weight excluding hydrogens is 224 g/mol. The predicted octanol–water partition coefficient (Wildman–Crippen LogP) is 2.53. The maximum atomic E-state index is 13.4. The minimum atomic E-state index is -0.576. The third-order valence-electron chi connectivity index (χ3n) is 2.78. The summed E-state index contributed by atoms with van der Waals surface area (Å²) >= 11 is 0. The molecule has 0 bridgehead atoms. The Morgan fingerprint density at radius 2 is 2.18 bits per heavy atom. The van der Waals surface area contributed by atoms with Gasteiger partial charge < -0.3 is 10.5 Å². The van der Waals surface area contributed by atoms with Gasteiger partial charge >= 0.3 is 0 Å². The van der Waals surface area contributed by atoms with Gasteiger partial charge in [-0.15, -0.1) is 0 Å². The Hall–Kier alpha value is -1.42. The van der Waals surface area contributed by atoms with E-state index in [0.29, 0.717) is 24.4 Å². The van der Waals surface area contributed by atoms with Crippen LogP contribution in [-0.2, 0) is 11.2 Å². The number of ether oxygens (including phenoxy) is 1. The number of hydrogen-bond donors (Lipinski definition) is 1. The number of halogens is 2. The number of nitrogens with two attached hydrogens (primary N) is 1. The van der Waals surface area contributed by atoms with Crippen molar-refractivity contribution in [3.63, 3.8) is 0 Å². The second-order valence-corrected chi connectivity index (χ2v) is 4.14. The zero-order valence-electron chi connectivity index (χ0n) is 9.46. The minimum absolute atomic E-state index is 0.317. The fourth-order valence-electron chi connectivity index (χ4n) is 1.86. The van der Waals surface area contributed by atoms with Gasteiger partial charge in [-0.1, -0.05) is 6.07 Å². The largest absolute Gasteiger partial charge is 0.497 e. The molecule has 1 atom stereocenters. The van der Waals surface area contributed by atoms with Gasteiger partial charge in [-0.05, 0) is 37.0 Å². The lowest BCUT2D eigenvalue weighted by Crippen LogP contribution is -2.28. The molecule has 1 aromatic carbocycles. The van der Waals surface area contributed by atoms with Crippen molar-refractivity contribution in [3.8, 4) is 0 Å². The maximum Gasteiger partial charge on any atom is 0.129 e. The van der Waals surface area contributed by atoms with E-state index < -0.39 is 11.6 Å². The Labute approximate surface area is 99.1 Å². The molecule has 92 valence electrons. The highest BCUT2D eigenvalue weighted by molar-refractivity contribution is 5.22. The molecule has 2 rings (SSSR count). The smallest absolute Gasteiger partial charge is 0.129 e. The molecular formula is C13H15F2NO. The van der Waals surface area contributed by atoms with E-state index in [1.54, 1.807) is 0 Å². The van der Waals surface area contributed by atoms with Gasteiger partial charge in [-0.3, -0.25) is 0 Å². The van der Waals surface area contributed by atoms with Crippen LogP contribution in [0.25, 0.3) is 0 Å². The highest BCUT2D eigenvalue weighted by atomic mass is 19.1. The van der Waals surface area contributed by atoms with Gasteiger partial charge in [0, 0.05) is 6.07 Å². The fraction of sp³-hybridized carbons (Fsp3) is 0.385. The molecule has 0 radical (unpaired) electrons. The van der Waals surface area contributed by atoms with Crippen LogP contribution in [0, 0.1) is 11.6 Å². The second kappa shape index (κ2) is 5.27. The highest BCUT2D eigenvalue weighted by Crippen LogP contribution is 2.17. The van der Waals surface area contributed by atoms with Gasteiger partial charge in [0.25, 0.3) is 0 Å². The molecule has 1 aliphatic heterocycles. The van der Waals surface area contributed by atoms with Crippen molar-refractivity contribution in [1.29, 1.82) is 0 Å². The summed E-state index contributed by atoms with van der Waals surface area (Å²) in [6, 6.07) is 3.17. The Balaban J connectivity index is 2.07. The summed E-state index contributed by atoms with van der Waals surface area (Å²) in [5.41, 5.74) is 6.34. The lowest BCUT2D eigenvalue weighted by molar-refractivity contribution is 0.175. The van der Waals surface area contributed by atoms with E-state index in [0.717, 1.165) is 18.9 Å². The van der Waals surface area contributed by atoms with Crippen LogP contribution in [0.5, 0.6) is 0 Å². The number of hydrogen-bond acceptors (Lipinski definition) is 2. The second-order valence-electron chi connectivity index (χ2n) is 4.14. The van der Waals surface area contributed by atoms with Crippen molar-refractivity contribution in [2.24, 2.45) is 5.73 Å². The average molecular weight is 239 g/mol. The van der Waals surface area contributed by atoms with Crippen molar-refractivity contribution in [3.05, 3.63) is 47.2 Å². The first kappa shape index (κ1) is 12.0. The van der Waals surface area contributed by atoms with Gasteiger partial charge in [0.1, 0.15) is 17.4 Å². The fourth-order valence-corrected chi connectivity index (χ4v) is 1.86. The van der Waals surface area contributed by atoms with E-state index in [-0.39, 0.29) is 6.04 Å². The normalized spacial score (nSPS) is 17.2. The van der Waals surface area contributed by atoms with Crippen LogP contribution >= 0.6 is 0 Å². The van der Waals surface area contributed by atoms with Gasteiger partial charge in [-0.25, -0.2) is 8.78 Å².